The molecule has 9 rings (SSSR count). The summed E-state index contributed by atoms with van der Waals surface area (Å²) < 4.78 is 0. The lowest BCUT2D eigenvalue weighted by Gasteiger charge is -2.26. The third kappa shape index (κ3) is 12.0. The lowest BCUT2D eigenvalue weighted by Crippen LogP contribution is -2.16. The predicted molar refractivity (Wildman–Crippen MR) is 355 cm³/mol. The Bertz CT molecular complexity index is 3800. The highest BCUT2D eigenvalue weighted by Crippen LogP contribution is 2.46. The number of hydrogen-bond donors (Lipinski definition) is 2. The molecule has 4 aromatic carbocycles. The lowest BCUT2D eigenvalue weighted by molar-refractivity contribution is -0.103. The van der Waals surface area contributed by atoms with E-state index in [1.165, 1.54) is 44.5 Å². The zero-order chi connectivity index (χ0) is 60.4. The Balaban J connectivity index is 1.59. The maximum absolute atomic E-state index is 14.1. The Hall–Kier alpha value is -6.85. The molecule has 5 heterocycles. The van der Waals surface area contributed by atoms with Crippen molar-refractivity contribution in [3.8, 4) is 44.5 Å². The normalized spacial score (nSPS) is 13.9. The van der Waals surface area contributed by atoms with Crippen molar-refractivity contribution in [2.75, 3.05) is 0 Å². The first kappa shape index (κ1) is 59.8. The van der Waals surface area contributed by atoms with Crippen LogP contribution in [0.15, 0.2) is 97.1 Å². The molecular weight excluding hydrogens is 997 g/mol. The molecular formula is C77H94N4O. The number of carbonyl (C=O) groups is 1. The van der Waals surface area contributed by atoms with Gasteiger partial charge in [0.1, 0.15) is 0 Å². The summed E-state index contributed by atoms with van der Waals surface area (Å²) in [5.74, 6) is 0. The summed E-state index contributed by atoms with van der Waals surface area (Å²) in [4.78, 5) is 33.9. The van der Waals surface area contributed by atoms with Crippen molar-refractivity contribution in [3.63, 3.8) is 0 Å². The van der Waals surface area contributed by atoms with Crippen LogP contribution in [0.1, 0.15) is 233 Å². The number of allylic oxidation sites excluding steroid dienone is 1. The first-order valence-electron chi connectivity index (χ1n) is 29.9. The van der Waals surface area contributed by atoms with Crippen LogP contribution < -0.4 is 0 Å². The molecule has 0 amide bonds. The number of rotatable bonds is 5. The summed E-state index contributed by atoms with van der Waals surface area (Å²) in [5.41, 5.74) is 24.0. The molecule has 82 heavy (non-hydrogen) atoms. The van der Waals surface area contributed by atoms with Crippen molar-refractivity contribution < 1.29 is 4.79 Å². The number of H-pyrrole nitrogens is 2. The summed E-state index contributed by atoms with van der Waals surface area (Å²) in [5, 5.41) is 0. The molecule has 0 spiro atoms. The van der Waals surface area contributed by atoms with Gasteiger partial charge in [-0.1, -0.05) is 239 Å². The van der Waals surface area contributed by atoms with Gasteiger partial charge in [-0.15, -0.1) is 0 Å². The van der Waals surface area contributed by atoms with Gasteiger partial charge in [0.2, 0.25) is 0 Å². The first-order valence-corrected chi connectivity index (χ1v) is 29.9. The van der Waals surface area contributed by atoms with Gasteiger partial charge in [0.05, 0.1) is 22.8 Å². The summed E-state index contributed by atoms with van der Waals surface area (Å²) in [7, 11) is 0. The molecule has 0 fully saturated rings. The van der Waals surface area contributed by atoms with E-state index in [1.807, 2.05) is 6.08 Å². The number of benzene rings is 4. The monoisotopic (exact) mass is 1090 g/mol. The van der Waals surface area contributed by atoms with Crippen molar-refractivity contribution >= 4 is 52.2 Å². The van der Waals surface area contributed by atoms with Crippen molar-refractivity contribution in [3.05, 3.63) is 164 Å². The average Bonchev–Trinajstić information content (AvgIpc) is 4.28. The van der Waals surface area contributed by atoms with Crippen LogP contribution in [0.4, 0.5) is 0 Å². The fraction of sp³-hybridized carbons (Fsp3) is 0.416. The van der Waals surface area contributed by atoms with Crippen molar-refractivity contribution in [2.24, 2.45) is 0 Å². The Kier molecular flexibility index (Phi) is 14.7. The van der Waals surface area contributed by atoms with E-state index < -0.39 is 0 Å². The van der Waals surface area contributed by atoms with E-state index in [-0.39, 0.29) is 43.3 Å². The third-order valence-corrected chi connectivity index (χ3v) is 16.8. The Morgan fingerprint density at radius 1 is 0.305 bits per heavy atom. The zero-order valence-corrected chi connectivity index (χ0v) is 54.3. The summed E-state index contributed by atoms with van der Waals surface area (Å²) in [6.45, 7) is 55.0. The second-order valence-corrected chi connectivity index (χ2v) is 32.0. The number of fused-ring (bicyclic) bond motifs is 8. The molecule has 3 aromatic heterocycles. The summed E-state index contributed by atoms with van der Waals surface area (Å²) >= 11 is 0. The molecule has 0 saturated heterocycles. The van der Waals surface area contributed by atoms with Gasteiger partial charge in [-0.2, -0.15) is 0 Å². The molecule has 0 atom stereocenters. The van der Waals surface area contributed by atoms with E-state index in [0.29, 0.717) is 11.3 Å². The molecule has 5 nitrogen and oxygen atoms in total. The second-order valence-electron chi connectivity index (χ2n) is 32.0. The standard InChI is InChI=1S/C77H94N4O/c1-70(2,3)50-31-45(32-51(40-50)71(4,5)6)65-58-25-26-59(78-58)66(46-33-52(72(7,8)9)41-53(34-46)73(10,11)12)61-29-30-63(80-61)68(48-37-56(76(19,20)21)43-57(38-48)77(22,23)24)69-49(44-82)39-64(81-69)67(62-28-27-60(65)79-62)47-35-54(74(13,14)15)42-55(36-47)75(16,17)18/h25-44,79-80H,1-24H3. The number of carbonyl (C=O) groups excluding carboxylic acids is 1. The van der Waals surface area contributed by atoms with Crippen LogP contribution in [0.2, 0.25) is 0 Å². The topological polar surface area (TPSA) is 74.4 Å². The van der Waals surface area contributed by atoms with Crippen LogP contribution in [0.3, 0.4) is 0 Å². The number of hydrogen-bond acceptors (Lipinski definition) is 3. The molecule has 0 radical (unpaired) electrons. The van der Waals surface area contributed by atoms with Crippen molar-refractivity contribution in [1.82, 2.24) is 19.9 Å². The van der Waals surface area contributed by atoms with Crippen molar-refractivity contribution in [2.45, 2.75) is 209 Å². The highest BCUT2D eigenvalue weighted by atomic mass is 16.1. The lowest BCUT2D eigenvalue weighted by atomic mass is 9.78. The maximum Gasteiger partial charge on any atom is 0.152 e. The van der Waals surface area contributed by atoms with E-state index in [4.69, 9.17) is 9.97 Å². The molecule has 428 valence electrons. The SMILES string of the molecule is CC(C)(C)c1cc(-c2c3nc(c(-c4cc(C(C)(C)C)cc(C(C)(C)C)c4)c4ccc([nH]4)c(-c4cc(C(C)(C)C)cc(C(C)(C)C)c4)c4nc(c(-c5cc(C(C)(C)C)cc(C(C)(C)C)c5)c5ccc2[nH]5)C=C4C=O)C=C3)cc(C(C)(C)C)c1. The predicted octanol–water partition coefficient (Wildman–Crippen LogP) is 21.3. The van der Waals surface area contributed by atoms with E-state index in [9.17, 15) is 4.79 Å². The van der Waals surface area contributed by atoms with E-state index >= 15 is 0 Å². The number of nitrogens with one attached hydrogen (secondary N) is 2. The average molecular weight is 1090 g/mol. The fourth-order valence-corrected chi connectivity index (χ4v) is 11.2. The van der Waals surface area contributed by atoms with Crippen LogP contribution in [0, 0.1) is 0 Å². The van der Waals surface area contributed by atoms with Crippen LogP contribution >= 0.6 is 0 Å². The van der Waals surface area contributed by atoms with Crippen LogP contribution in [0.25, 0.3) is 90.4 Å². The van der Waals surface area contributed by atoms with Crippen LogP contribution in [-0.4, -0.2) is 26.2 Å². The van der Waals surface area contributed by atoms with Gasteiger partial charge in [0.25, 0.3) is 0 Å². The van der Waals surface area contributed by atoms with Gasteiger partial charge in [-0.05, 0) is 153 Å². The molecule has 2 aliphatic heterocycles. The molecule has 5 heteroatoms. The molecule has 8 bridgehead atoms. The largest absolute Gasteiger partial charge is 0.354 e. The molecule has 2 aliphatic rings. The summed E-state index contributed by atoms with van der Waals surface area (Å²) in [6.07, 6.45) is 7.48. The van der Waals surface area contributed by atoms with E-state index in [2.05, 4.69) is 285 Å². The molecule has 0 unspecified atom stereocenters. The number of aldehydes is 1. The molecule has 7 aromatic rings. The summed E-state index contributed by atoms with van der Waals surface area (Å²) in [6, 6.07) is 37.2. The first-order chi connectivity index (χ1) is 37.6. The highest BCUT2D eigenvalue weighted by Gasteiger charge is 2.30. The van der Waals surface area contributed by atoms with Crippen molar-refractivity contribution in [1.29, 1.82) is 0 Å². The number of aromatic nitrogens is 4. The van der Waals surface area contributed by atoms with Gasteiger partial charge >= 0.3 is 0 Å². The quantitative estimate of drug-likeness (QED) is 0.169. The highest BCUT2D eigenvalue weighted by molar-refractivity contribution is 6.18. The zero-order valence-electron chi connectivity index (χ0n) is 54.3. The smallest absolute Gasteiger partial charge is 0.152 e. The van der Waals surface area contributed by atoms with Gasteiger partial charge in [0, 0.05) is 49.9 Å². The van der Waals surface area contributed by atoms with Gasteiger partial charge in [-0.25, -0.2) is 9.97 Å². The van der Waals surface area contributed by atoms with Crippen LogP contribution in [-0.2, 0) is 48.1 Å². The van der Waals surface area contributed by atoms with Crippen LogP contribution in [0.5, 0.6) is 0 Å². The Morgan fingerprint density at radius 2 is 0.537 bits per heavy atom. The Labute approximate surface area is 492 Å². The minimum absolute atomic E-state index is 0.130. The molecule has 2 N–H and O–H groups in total. The van der Waals surface area contributed by atoms with Gasteiger partial charge in [-0.3, -0.25) is 4.79 Å². The minimum atomic E-state index is -0.174. The second kappa shape index (κ2) is 20.2. The van der Waals surface area contributed by atoms with E-state index in [0.717, 1.165) is 89.9 Å². The van der Waals surface area contributed by atoms with Gasteiger partial charge in [0.15, 0.2) is 6.29 Å². The minimum Gasteiger partial charge on any atom is -0.354 e. The van der Waals surface area contributed by atoms with Gasteiger partial charge < -0.3 is 9.97 Å². The fourth-order valence-electron chi connectivity index (χ4n) is 11.2. The number of aromatic amines is 2. The third-order valence-electron chi connectivity index (χ3n) is 16.8. The maximum atomic E-state index is 14.1. The molecule has 0 aliphatic carbocycles. The number of nitrogens with zero attached hydrogens (tertiary/aromatic N) is 2. The molecule has 0 saturated carbocycles. The van der Waals surface area contributed by atoms with E-state index in [1.54, 1.807) is 0 Å². The Morgan fingerprint density at radius 3 is 0.780 bits per heavy atom.